The van der Waals surface area contributed by atoms with Crippen LogP contribution in [0.5, 0.6) is 0 Å². The van der Waals surface area contributed by atoms with Crippen LogP contribution in [0.1, 0.15) is 30.9 Å². The van der Waals surface area contributed by atoms with Crippen molar-refractivity contribution in [2.24, 2.45) is 5.92 Å². The molecule has 4 nitrogen and oxygen atoms in total. The highest BCUT2D eigenvalue weighted by Gasteiger charge is 2.25. The molecule has 1 fully saturated rings. The molecule has 116 valence electrons. The van der Waals surface area contributed by atoms with Gasteiger partial charge in [-0.15, -0.1) is 0 Å². The molecule has 1 aromatic rings. The van der Waals surface area contributed by atoms with Crippen LogP contribution in [0.15, 0.2) is 24.3 Å². The molecule has 1 atom stereocenters. The topological polar surface area (TPSA) is 49.8 Å². The van der Waals surface area contributed by atoms with Crippen molar-refractivity contribution in [1.82, 2.24) is 4.90 Å². The standard InChI is InChI=1S/C16H22ClNO3/c1-21-16(20)13-6-9-18(10-7-13)11-8-15(19)12-2-4-14(17)5-3-12/h2-5,13,15,19H,6-11H2,1H3. The van der Waals surface area contributed by atoms with Gasteiger partial charge in [-0.3, -0.25) is 4.79 Å². The number of ether oxygens (including phenoxy) is 1. The highest BCUT2D eigenvalue weighted by Crippen LogP contribution is 2.22. The maximum Gasteiger partial charge on any atom is 0.308 e. The van der Waals surface area contributed by atoms with Crippen LogP contribution in [0, 0.1) is 5.92 Å². The van der Waals surface area contributed by atoms with E-state index in [9.17, 15) is 9.90 Å². The van der Waals surface area contributed by atoms with E-state index in [1.165, 1.54) is 7.11 Å². The van der Waals surface area contributed by atoms with Gasteiger partial charge in [0.05, 0.1) is 19.1 Å². The summed E-state index contributed by atoms with van der Waals surface area (Å²) < 4.78 is 4.78. The average Bonchev–Trinajstić information content (AvgIpc) is 2.53. The first-order chi connectivity index (χ1) is 10.1. The molecule has 2 rings (SSSR count). The Labute approximate surface area is 130 Å². The van der Waals surface area contributed by atoms with E-state index >= 15 is 0 Å². The second kappa shape index (κ2) is 7.78. The number of carbonyl (C=O) groups is 1. The molecule has 0 saturated carbocycles. The van der Waals surface area contributed by atoms with Crippen molar-refractivity contribution in [3.8, 4) is 0 Å². The molecule has 0 spiro atoms. The predicted octanol–water partition coefficient (Wildman–Crippen LogP) is 2.65. The summed E-state index contributed by atoms with van der Waals surface area (Å²) in [6, 6.07) is 7.30. The van der Waals surface area contributed by atoms with Crippen LogP contribution in [0.25, 0.3) is 0 Å². The largest absolute Gasteiger partial charge is 0.469 e. The lowest BCUT2D eigenvalue weighted by Gasteiger charge is -2.31. The molecule has 0 bridgehead atoms. The summed E-state index contributed by atoms with van der Waals surface area (Å²) in [6.07, 6.45) is 1.89. The third kappa shape index (κ3) is 4.70. The van der Waals surface area contributed by atoms with E-state index in [2.05, 4.69) is 4.90 Å². The van der Waals surface area contributed by atoms with Crippen molar-refractivity contribution >= 4 is 17.6 Å². The lowest BCUT2D eigenvalue weighted by molar-refractivity contribution is -0.147. The minimum atomic E-state index is -0.472. The fourth-order valence-corrected chi connectivity index (χ4v) is 2.84. The van der Waals surface area contributed by atoms with Crippen molar-refractivity contribution in [2.75, 3.05) is 26.7 Å². The van der Waals surface area contributed by atoms with Crippen LogP contribution in [0.4, 0.5) is 0 Å². The van der Waals surface area contributed by atoms with Gasteiger partial charge in [-0.05, 0) is 50.0 Å². The highest BCUT2D eigenvalue weighted by molar-refractivity contribution is 6.30. The lowest BCUT2D eigenvalue weighted by Crippen LogP contribution is -2.37. The van der Waals surface area contributed by atoms with Gasteiger partial charge in [0, 0.05) is 11.6 Å². The van der Waals surface area contributed by atoms with Gasteiger partial charge in [0.2, 0.25) is 0 Å². The summed E-state index contributed by atoms with van der Waals surface area (Å²) in [5, 5.41) is 10.9. The molecule has 1 saturated heterocycles. The minimum absolute atomic E-state index is 0.0347. The van der Waals surface area contributed by atoms with Crippen molar-refractivity contribution < 1.29 is 14.6 Å². The monoisotopic (exact) mass is 311 g/mol. The summed E-state index contributed by atoms with van der Waals surface area (Å²) in [5.74, 6) is -0.0664. The average molecular weight is 312 g/mol. The quantitative estimate of drug-likeness (QED) is 0.849. The number of rotatable bonds is 5. The highest BCUT2D eigenvalue weighted by atomic mass is 35.5. The van der Waals surface area contributed by atoms with Crippen molar-refractivity contribution in [1.29, 1.82) is 0 Å². The Morgan fingerprint density at radius 1 is 1.38 bits per heavy atom. The number of methoxy groups -OCH3 is 1. The smallest absolute Gasteiger partial charge is 0.308 e. The van der Waals surface area contributed by atoms with E-state index in [1.807, 2.05) is 12.1 Å². The Hall–Kier alpha value is -1.10. The zero-order chi connectivity index (χ0) is 15.2. The first-order valence-corrected chi connectivity index (χ1v) is 7.71. The molecular weight excluding hydrogens is 290 g/mol. The summed E-state index contributed by atoms with van der Waals surface area (Å²) in [5.41, 5.74) is 0.892. The molecule has 5 heteroatoms. The maximum atomic E-state index is 11.5. The number of aliphatic hydroxyl groups excluding tert-OH is 1. The van der Waals surface area contributed by atoms with Crippen molar-refractivity contribution in [2.45, 2.75) is 25.4 Å². The Kier molecular flexibility index (Phi) is 6.03. The fourth-order valence-electron chi connectivity index (χ4n) is 2.72. The molecule has 1 heterocycles. The van der Waals surface area contributed by atoms with Gasteiger partial charge in [-0.2, -0.15) is 0 Å². The number of esters is 1. The van der Waals surface area contributed by atoms with Crippen LogP contribution in [0.2, 0.25) is 5.02 Å². The van der Waals surface area contributed by atoms with Gasteiger partial charge in [-0.25, -0.2) is 0 Å². The van der Waals surface area contributed by atoms with E-state index in [-0.39, 0.29) is 11.9 Å². The number of likely N-dealkylation sites (tertiary alicyclic amines) is 1. The zero-order valence-electron chi connectivity index (χ0n) is 12.3. The van der Waals surface area contributed by atoms with E-state index in [0.717, 1.165) is 38.0 Å². The number of piperidine rings is 1. The van der Waals surface area contributed by atoms with Crippen LogP contribution in [-0.2, 0) is 9.53 Å². The Balaban J connectivity index is 1.74. The maximum absolute atomic E-state index is 11.5. The van der Waals surface area contributed by atoms with E-state index in [1.54, 1.807) is 12.1 Å². The van der Waals surface area contributed by atoms with Crippen LogP contribution < -0.4 is 0 Å². The molecular formula is C16H22ClNO3. The first-order valence-electron chi connectivity index (χ1n) is 7.34. The molecule has 21 heavy (non-hydrogen) atoms. The molecule has 1 aromatic carbocycles. The molecule has 1 aliphatic rings. The van der Waals surface area contributed by atoms with E-state index in [0.29, 0.717) is 11.4 Å². The van der Waals surface area contributed by atoms with Gasteiger partial charge in [0.1, 0.15) is 0 Å². The predicted molar refractivity (Wildman–Crippen MR) is 82.2 cm³/mol. The number of hydrogen-bond acceptors (Lipinski definition) is 4. The van der Waals surface area contributed by atoms with Gasteiger partial charge in [-0.1, -0.05) is 23.7 Å². The second-order valence-electron chi connectivity index (χ2n) is 5.50. The van der Waals surface area contributed by atoms with Crippen molar-refractivity contribution in [3.63, 3.8) is 0 Å². The number of halogens is 1. The van der Waals surface area contributed by atoms with Gasteiger partial charge < -0.3 is 14.7 Å². The number of benzene rings is 1. The van der Waals surface area contributed by atoms with Crippen LogP contribution in [0.3, 0.4) is 0 Å². The van der Waals surface area contributed by atoms with E-state index < -0.39 is 6.10 Å². The van der Waals surface area contributed by atoms with E-state index in [4.69, 9.17) is 16.3 Å². The SMILES string of the molecule is COC(=O)C1CCN(CCC(O)c2ccc(Cl)cc2)CC1. The summed E-state index contributed by atoms with van der Waals surface area (Å²) in [4.78, 5) is 13.8. The van der Waals surface area contributed by atoms with Crippen LogP contribution in [-0.4, -0.2) is 42.7 Å². The van der Waals surface area contributed by atoms with Crippen LogP contribution >= 0.6 is 11.6 Å². The molecule has 0 radical (unpaired) electrons. The summed E-state index contributed by atoms with van der Waals surface area (Å²) in [6.45, 7) is 2.60. The molecule has 1 unspecified atom stereocenters. The summed E-state index contributed by atoms with van der Waals surface area (Å²) >= 11 is 5.84. The zero-order valence-corrected chi connectivity index (χ0v) is 13.1. The second-order valence-corrected chi connectivity index (χ2v) is 5.93. The molecule has 1 N–H and O–H groups in total. The fraction of sp³-hybridized carbons (Fsp3) is 0.562. The molecule has 0 amide bonds. The summed E-state index contributed by atoms with van der Waals surface area (Å²) in [7, 11) is 1.44. The Morgan fingerprint density at radius 3 is 2.57 bits per heavy atom. The number of carbonyl (C=O) groups excluding carboxylic acids is 1. The lowest BCUT2D eigenvalue weighted by atomic mass is 9.96. The normalized spacial score (nSPS) is 18.4. The van der Waals surface area contributed by atoms with Gasteiger partial charge >= 0.3 is 5.97 Å². The molecule has 1 aliphatic heterocycles. The minimum Gasteiger partial charge on any atom is -0.469 e. The third-order valence-corrected chi connectivity index (χ3v) is 4.35. The van der Waals surface area contributed by atoms with Crippen molar-refractivity contribution in [3.05, 3.63) is 34.9 Å². The Bertz CT molecular complexity index is 455. The number of aliphatic hydroxyl groups is 1. The number of hydrogen-bond donors (Lipinski definition) is 1. The van der Waals surface area contributed by atoms with Gasteiger partial charge in [0.15, 0.2) is 0 Å². The molecule has 0 aliphatic carbocycles. The first kappa shape index (κ1) is 16.3. The number of nitrogens with zero attached hydrogens (tertiary/aromatic N) is 1. The third-order valence-electron chi connectivity index (χ3n) is 4.10. The van der Waals surface area contributed by atoms with Gasteiger partial charge in [0.25, 0.3) is 0 Å². The Morgan fingerprint density at radius 2 is 2.00 bits per heavy atom. The molecule has 0 aromatic heterocycles.